The van der Waals surface area contributed by atoms with Crippen molar-refractivity contribution < 1.29 is 57.8 Å². The first kappa shape index (κ1) is 77.9. The Bertz CT molecular complexity index is 2360. The van der Waals surface area contributed by atoms with Crippen molar-refractivity contribution in [2.75, 3.05) is 49.3 Å². The summed E-state index contributed by atoms with van der Waals surface area (Å²) in [5.74, 6) is -10.1. The molecule has 1 heterocycles. The molecule has 492 valence electrons. The molecule has 0 aliphatic carbocycles. The molecule has 0 bridgehead atoms. The average Bonchev–Trinajstić information content (AvgIpc) is 2.39. The number of amides is 11. The van der Waals surface area contributed by atoms with E-state index in [0.29, 0.717) is 12.8 Å². The molecule has 1 aliphatic heterocycles. The van der Waals surface area contributed by atoms with Gasteiger partial charge in [0.2, 0.25) is 59.1 Å². The molecule has 23 nitrogen and oxygen atoms in total. The highest BCUT2D eigenvalue weighted by molar-refractivity contribution is 6.02. The van der Waals surface area contributed by atoms with Crippen molar-refractivity contribution in [1.29, 1.82) is 0 Å². The molecule has 0 radical (unpaired) electrons. The Morgan fingerprint density at radius 1 is 0.442 bits per heavy atom. The predicted molar refractivity (Wildman–Crippen MR) is 333 cm³/mol. The van der Waals surface area contributed by atoms with Gasteiger partial charge >= 0.3 is 0 Å². The summed E-state index contributed by atoms with van der Waals surface area (Å²) in [5.41, 5.74) is -0.355. The van der Waals surface area contributed by atoms with Gasteiger partial charge in [-0.15, -0.1) is 0 Å². The number of aliphatic hydroxyl groups excluding tert-OH is 1. The minimum Gasteiger partial charge on any atom is -0.390 e. The van der Waals surface area contributed by atoms with Gasteiger partial charge in [-0.2, -0.15) is 0 Å². The Morgan fingerprint density at radius 2 is 0.849 bits per heavy atom. The zero-order valence-corrected chi connectivity index (χ0v) is 56.8. The molecule has 0 aromatic rings. The Balaban J connectivity index is 4.37. The summed E-state index contributed by atoms with van der Waals surface area (Å²) in [6, 6.07) is -12.5. The van der Waals surface area contributed by atoms with E-state index in [4.69, 9.17) is 0 Å². The van der Waals surface area contributed by atoms with Gasteiger partial charge in [0.15, 0.2) is 0 Å². The topological polar surface area (TPSA) is 279 Å². The maximum atomic E-state index is 15.2. The van der Waals surface area contributed by atoms with E-state index in [2.05, 4.69) is 27.8 Å². The molecule has 23 heteroatoms. The SMILES string of the molecule is C=C1C(=O)N(C)[C@@H](CC(C)C)C(=O)N[C@@H](C(C)C)C(=O)N(C)[C@@H](CC(C)C)C(=O)N[C@@H](C)C(=O)N[C@H](C)C(=O)N(C)[C@@H](CC(C)C)C(=O)N(C)[C@@H](CC(C)C)C(=O)N(C)[C@@H](C(C)C)C(=O)N(C)[C@@H]([C@H](O)[C@H](C)CCCC)C(=O)N[C@@H](CC)C(=O)N1C. The molecule has 1 aliphatic rings. The van der Waals surface area contributed by atoms with Gasteiger partial charge < -0.3 is 60.7 Å². The lowest BCUT2D eigenvalue weighted by Crippen LogP contribution is -2.63. The highest BCUT2D eigenvalue weighted by atomic mass is 16.3. The molecule has 1 saturated heterocycles. The van der Waals surface area contributed by atoms with Crippen LogP contribution in [0.25, 0.3) is 0 Å². The molecule has 1 fully saturated rings. The van der Waals surface area contributed by atoms with Crippen molar-refractivity contribution in [2.45, 2.75) is 236 Å². The third kappa shape index (κ3) is 21.0. The lowest BCUT2D eigenvalue weighted by Gasteiger charge is -2.41. The van der Waals surface area contributed by atoms with Gasteiger partial charge in [0.1, 0.15) is 66.1 Å². The van der Waals surface area contributed by atoms with E-state index in [1.165, 1.54) is 82.8 Å². The van der Waals surface area contributed by atoms with E-state index in [0.717, 1.165) is 21.1 Å². The standard InChI is InChI=1S/C63H113N11O12/c1-26-28-29-40(15)52(75)51-56(79)66-44(27-2)59(82)68(19)43(18)58(81)69(20)46(31-35(5)6)55(78)67-49(38(11)12)62(85)70(21)45(30-34(3)4)54(77)64-41(16)53(76)65-42(17)57(80)71(22)47(32-36(7)8)60(83)72(23)48(33-37(9)10)61(84)73(24)50(39(13)14)63(86)74(51)25/h34-42,44-52,75H,18,26-33H2,1-17,19-25H3,(H,64,77)(H,65,76)(H,66,79)(H,67,78)/t40-,41+,42-,44+,45+,46+,47+,48+,49+,50+,51+,52-/m1/s1. The predicted octanol–water partition coefficient (Wildman–Crippen LogP) is 4.01. The van der Waals surface area contributed by atoms with Crippen molar-refractivity contribution in [1.82, 2.24) is 55.6 Å². The normalized spacial score (nSPS) is 26.7. The molecule has 5 N–H and O–H groups in total. The third-order valence-corrected chi connectivity index (χ3v) is 16.5. The van der Waals surface area contributed by atoms with Crippen LogP contribution in [0.15, 0.2) is 12.3 Å². The fraction of sp³-hybridized carbons (Fsp3) is 0.794. The number of likely N-dealkylation sites (N-methyl/N-ethyl adjacent to an activating group) is 7. The van der Waals surface area contributed by atoms with Gasteiger partial charge in [0.05, 0.1) is 6.10 Å². The Kier molecular flexibility index (Phi) is 31.7. The molecule has 0 unspecified atom stereocenters. The summed E-state index contributed by atoms with van der Waals surface area (Å²) >= 11 is 0. The van der Waals surface area contributed by atoms with Gasteiger partial charge in [-0.05, 0) is 93.8 Å². The van der Waals surface area contributed by atoms with Gasteiger partial charge in [0, 0.05) is 49.3 Å². The van der Waals surface area contributed by atoms with Crippen LogP contribution < -0.4 is 21.3 Å². The number of hydrogen-bond donors (Lipinski definition) is 5. The smallest absolute Gasteiger partial charge is 0.270 e. The van der Waals surface area contributed by atoms with Crippen LogP contribution in [-0.4, -0.2) is 220 Å². The summed E-state index contributed by atoms with van der Waals surface area (Å²) in [6.07, 6.45) is 1.02. The van der Waals surface area contributed by atoms with Gasteiger partial charge in [-0.25, -0.2) is 0 Å². The molecule has 0 aromatic heterocycles. The average molecular weight is 1220 g/mol. The zero-order valence-electron chi connectivity index (χ0n) is 56.8. The lowest BCUT2D eigenvalue weighted by atomic mass is 9.90. The molecule has 0 spiro atoms. The number of rotatable bonds is 16. The highest BCUT2D eigenvalue weighted by Gasteiger charge is 2.46. The van der Waals surface area contributed by atoms with E-state index in [1.54, 1.807) is 41.5 Å². The number of nitrogens with zero attached hydrogens (tertiary/aromatic N) is 7. The Labute approximate surface area is 515 Å². The summed E-state index contributed by atoms with van der Waals surface area (Å²) in [5, 5.41) is 23.1. The van der Waals surface area contributed by atoms with E-state index in [1.807, 2.05) is 62.3 Å². The molecule has 1 rings (SSSR count). The molecule has 11 amide bonds. The monoisotopic (exact) mass is 1220 g/mol. The van der Waals surface area contributed by atoms with Gasteiger partial charge in [-0.1, -0.05) is 123 Å². The molecule has 86 heavy (non-hydrogen) atoms. The number of unbranched alkanes of at least 4 members (excludes halogenated alkanes) is 1. The summed E-state index contributed by atoms with van der Waals surface area (Å²) in [6.45, 7) is 34.0. The van der Waals surface area contributed by atoms with Crippen molar-refractivity contribution >= 4 is 65.0 Å². The second kappa shape index (κ2) is 35.0. The molecular weight excluding hydrogens is 1100 g/mol. The second-order valence-electron chi connectivity index (χ2n) is 26.5. The van der Waals surface area contributed by atoms with Crippen LogP contribution in [0.3, 0.4) is 0 Å². The minimum absolute atomic E-state index is 0.0143. The number of hydrogen-bond acceptors (Lipinski definition) is 12. The summed E-state index contributed by atoms with van der Waals surface area (Å²) < 4.78 is 0. The van der Waals surface area contributed by atoms with Crippen LogP contribution >= 0.6 is 0 Å². The van der Waals surface area contributed by atoms with Crippen molar-refractivity contribution in [3.8, 4) is 0 Å². The lowest BCUT2D eigenvalue weighted by molar-refractivity contribution is -0.157. The number of aliphatic hydroxyl groups is 1. The van der Waals surface area contributed by atoms with E-state index in [9.17, 15) is 48.3 Å². The molecule has 12 atom stereocenters. The Morgan fingerprint density at radius 3 is 1.29 bits per heavy atom. The molecule has 0 saturated carbocycles. The maximum absolute atomic E-state index is 15.2. The number of carbonyl (C=O) groups excluding carboxylic acids is 11. The van der Waals surface area contributed by atoms with Gasteiger partial charge in [0.25, 0.3) is 5.91 Å². The van der Waals surface area contributed by atoms with E-state index >= 15 is 9.59 Å². The summed E-state index contributed by atoms with van der Waals surface area (Å²) in [4.78, 5) is 169. The first-order valence-corrected chi connectivity index (χ1v) is 31.1. The van der Waals surface area contributed by atoms with Crippen molar-refractivity contribution in [3.63, 3.8) is 0 Å². The van der Waals surface area contributed by atoms with Crippen molar-refractivity contribution in [2.24, 2.45) is 41.4 Å². The first-order valence-electron chi connectivity index (χ1n) is 31.1. The Hall–Kier alpha value is -6.13. The van der Waals surface area contributed by atoms with Crippen LogP contribution in [-0.2, 0) is 52.7 Å². The first-order chi connectivity index (χ1) is 39.6. The quantitative estimate of drug-likeness (QED) is 0.137. The van der Waals surface area contributed by atoms with Gasteiger partial charge in [-0.3, -0.25) is 52.7 Å². The second-order valence-corrected chi connectivity index (χ2v) is 26.5. The van der Waals surface area contributed by atoms with Crippen LogP contribution in [0.5, 0.6) is 0 Å². The van der Waals surface area contributed by atoms with E-state index < -0.39 is 149 Å². The van der Waals surface area contributed by atoms with Crippen LogP contribution in [0.4, 0.5) is 0 Å². The van der Waals surface area contributed by atoms with Crippen molar-refractivity contribution in [3.05, 3.63) is 12.3 Å². The molecule has 0 aromatic carbocycles. The highest BCUT2D eigenvalue weighted by Crippen LogP contribution is 2.26. The maximum Gasteiger partial charge on any atom is 0.270 e. The van der Waals surface area contributed by atoms with Crippen LogP contribution in [0.1, 0.15) is 169 Å². The third-order valence-electron chi connectivity index (χ3n) is 16.5. The van der Waals surface area contributed by atoms with E-state index in [-0.39, 0.29) is 61.5 Å². The van der Waals surface area contributed by atoms with Crippen LogP contribution in [0.2, 0.25) is 0 Å². The van der Waals surface area contributed by atoms with Crippen LogP contribution in [0, 0.1) is 41.4 Å². The summed E-state index contributed by atoms with van der Waals surface area (Å²) in [7, 11) is 9.80. The zero-order chi connectivity index (χ0) is 66.8. The fourth-order valence-corrected chi connectivity index (χ4v) is 10.9. The number of nitrogens with one attached hydrogen (secondary N) is 4. The number of carbonyl (C=O) groups is 11. The minimum atomic E-state index is -1.61. The fourth-order valence-electron chi connectivity index (χ4n) is 10.9. The molecular formula is C63H113N11O12. The largest absolute Gasteiger partial charge is 0.390 e.